The van der Waals surface area contributed by atoms with E-state index in [1.54, 1.807) is 6.20 Å². The smallest absolute Gasteiger partial charge is 0.224 e. The standard InChI is InChI=1S/C27H34ClN7/c28-23-4-2-1-3-19(23)15-31-26-32-16-22(14-29)25(34-26)33-17-27-11-18-9-20(12-27)24(21(10-18)13-27)35-7-5-30-6-8-35/h1-4,16,18,20-21,24,30H,5-13,15,17H2,(H2,31,32,33,34)/t18?,20-,21+,24?,27-. The van der Waals surface area contributed by atoms with Crippen LogP contribution in [-0.2, 0) is 6.54 Å². The summed E-state index contributed by atoms with van der Waals surface area (Å²) in [5, 5.41) is 20.8. The van der Waals surface area contributed by atoms with Gasteiger partial charge in [0.15, 0.2) is 0 Å². The highest BCUT2D eigenvalue weighted by Gasteiger charge is 2.56. The van der Waals surface area contributed by atoms with Gasteiger partial charge in [-0.05, 0) is 66.9 Å². The average molecular weight is 492 g/mol. The number of nitrogens with one attached hydrogen (secondary N) is 3. The van der Waals surface area contributed by atoms with Crippen LogP contribution >= 0.6 is 11.6 Å². The first-order valence-electron chi connectivity index (χ1n) is 13.1. The molecule has 5 atom stereocenters. The average Bonchev–Trinajstić information content (AvgIpc) is 2.87. The van der Waals surface area contributed by atoms with E-state index in [1.807, 2.05) is 24.3 Å². The Morgan fingerprint density at radius 3 is 2.63 bits per heavy atom. The Kier molecular flexibility index (Phi) is 6.30. The van der Waals surface area contributed by atoms with Gasteiger partial charge in [-0.2, -0.15) is 10.2 Å². The maximum atomic E-state index is 9.67. The minimum Gasteiger partial charge on any atom is -0.368 e. The summed E-state index contributed by atoms with van der Waals surface area (Å²) < 4.78 is 0. The summed E-state index contributed by atoms with van der Waals surface area (Å²) in [7, 11) is 0. The van der Waals surface area contributed by atoms with E-state index in [9.17, 15) is 5.26 Å². The quantitative estimate of drug-likeness (QED) is 0.536. The third kappa shape index (κ3) is 4.60. The van der Waals surface area contributed by atoms with Crippen LogP contribution in [0, 0.1) is 34.5 Å². The van der Waals surface area contributed by atoms with Gasteiger partial charge in [-0.1, -0.05) is 29.8 Å². The minimum absolute atomic E-state index is 0.323. The third-order valence-electron chi connectivity index (χ3n) is 8.86. The molecule has 1 aromatic carbocycles. The Balaban J connectivity index is 1.14. The summed E-state index contributed by atoms with van der Waals surface area (Å²) in [6.07, 6.45) is 8.33. The molecule has 0 radical (unpaired) electrons. The molecule has 5 aliphatic rings. The fraction of sp³-hybridized carbons (Fsp3) is 0.593. The summed E-state index contributed by atoms with van der Waals surface area (Å²) in [6.45, 7) is 6.08. The number of hydrogen-bond donors (Lipinski definition) is 3. The van der Waals surface area contributed by atoms with Crippen LogP contribution in [0.4, 0.5) is 11.8 Å². The number of rotatable bonds is 7. The molecule has 1 aliphatic heterocycles. The van der Waals surface area contributed by atoms with Crippen molar-refractivity contribution < 1.29 is 0 Å². The van der Waals surface area contributed by atoms with E-state index in [-0.39, 0.29) is 0 Å². The highest BCUT2D eigenvalue weighted by Crippen LogP contribution is 2.61. The van der Waals surface area contributed by atoms with Gasteiger partial charge >= 0.3 is 0 Å². The fourth-order valence-corrected chi connectivity index (χ4v) is 7.93. The van der Waals surface area contributed by atoms with Gasteiger partial charge in [0.1, 0.15) is 17.5 Å². The van der Waals surface area contributed by atoms with Crippen molar-refractivity contribution in [2.75, 3.05) is 43.4 Å². The van der Waals surface area contributed by atoms with Crippen molar-refractivity contribution in [3.8, 4) is 6.07 Å². The maximum absolute atomic E-state index is 9.67. The molecule has 3 N–H and O–H groups in total. The molecule has 184 valence electrons. The van der Waals surface area contributed by atoms with Crippen molar-refractivity contribution in [2.24, 2.45) is 23.2 Å². The zero-order valence-corrected chi connectivity index (χ0v) is 20.9. The molecule has 7 nitrogen and oxygen atoms in total. The number of aromatic nitrogens is 2. The second-order valence-electron chi connectivity index (χ2n) is 11.1. The first-order chi connectivity index (χ1) is 17.1. The zero-order chi connectivity index (χ0) is 23.8. The van der Waals surface area contributed by atoms with E-state index < -0.39 is 0 Å². The molecule has 8 heteroatoms. The first-order valence-corrected chi connectivity index (χ1v) is 13.4. The summed E-state index contributed by atoms with van der Waals surface area (Å²) in [4.78, 5) is 11.8. The van der Waals surface area contributed by atoms with E-state index in [0.717, 1.165) is 49.0 Å². The van der Waals surface area contributed by atoms with Crippen molar-refractivity contribution in [2.45, 2.75) is 44.7 Å². The van der Waals surface area contributed by atoms with Crippen LogP contribution in [0.15, 0.2) is 30.5 Å². The van der Waals surface area contributed by atoms with Crippen LogP contribution < -0.4 is 16.0 Å². The first kappa shape index (κ1) is 23.0. The molecule has 4 bridgehead atoms. The van der Waals surface area contributed by atoms with E-state index in [0.29, 0.717) is 34.3 Å². The second kappa shape index (κ2) is 9.57. The van der Waals surface area contributed by atoms with Gasteiger partial charge in [0, 0.05) is 50.3 Å². The molecule has 1 saturated heterocycles. The number of piperazine rings is 1. The van der Waals surface area contributed by atoms with Gasteiger partial charge < -0.3 is 16.0 Å². The Labute approximate surface area is 212 Å². The summed E-state index contributed by atoms with van der Waals surface area (Å²) in [5.74, 6) is 3.64. The van der Waals surface area contributed by atoms with Crippen molar-refractivity contribution in [3.63, 3.8) is 0 Å². The fourth-order valence-electron chi connectivity index (χ4n) is 7.73. The van der Waals surface area contributed by atoms with Crippen molar-refractivity contribution in [1.29, 1.82) is 5.26 Å². The van der Waals surface area contributed by atoms with E-state index in [1.165, 1.54) is 45.2 Å². The molecular formula is C27H34ClN7. The lowest BCUT2D eigenvalue weighted by Gasteiger charge is -2.62. The zero-order valence-electron chi connectivity index (χ0n) is 20.1. The van der Waals surface area contributed by atoms with Gasteiger partial charge in [-0.15, -0.1) is 0 Å². The maximum Gasteiger partial charge on any atom is 0.224 e. The summed E-state index contributed by atoms with van der Waals surface area (Å²) in [6, 6.07) is 10.8. The Morgan fingerprint density at radius 1 is 1.11 bits per heavy atom. The third-order valence-corrected chi connectivity index (χ3v) is 9.23. The summed E-state index contributed by atoms with van der Waals surface area (Å²) in [5.41, 5.74) is 1.81. The van der Waals surface area contributed by atoms with Gasteiger partial charge in [-0.25, -0.2) is 4.98 Å². The molecule has 4 aliphatic carbocycles. The predicted molar refractivity (Wildman–Crippen MR) is 138 cm³/mol. The number of benzene rings is 1. The van der Waals surface area contributed by atoms with Gasteiger partial charge in [-0.3, -0.25) is 4.90 Å². The largest absolute Gasteiger partial charge is 0.368 e. The van der Waals surface area contributed by atoms with Gasteiger partial charge in [0.05, 0.1) is 6.20 Å². The molecule has 2 aromatic rings. The molecular weight excluding hydrogens is 458 g/mol. The van der Waals surface area contributed by atoms with E-state index in [2.05, 4.69) is 36.9 Å². The van der Waals surface area contributed by atoms with Crippen LogP contribution in [0.25, 0.3) is 0 Å². The molecule has 0 spiro atoms. The van der Waals surface area contributed by atoms with Gasteiger partial charge in [0.2, 0.25) is 5.95 Å². The molecule has 5 fully saturated rings. The number of nitriles is 1. The topological polar surface area (TPSA) is 88.9 Å². The highest BCUT2D eigenvalue weighted by atomic mass is 35.5. The van der Waals surface area contributed by atoms with Crippen molar-refractivity contribution in [1.82, 2.24) is 20.2 Å². The van der Waals surface area contributed by atoms with E-state index in [4.69, 9.17) is 11.6 Å². The SMILES string of the molecule is N#Cc1cnc(NCc2ccccc2Cl)nc1NC[C@]12CC3C[C@H](C1)C(N1CCNCC1)[C@@H](C3)C2. The number of anilines is 2. The van der Waals surface area contributed by atoms with Gasteiger partial charge in [0.25, 0.3) is 0 Å². The Morgan fingerprint density at radius 2 is 1.89 bits per heavy atom. The highest BCUT2D eigenvalue weighted by molar-refractivity contribution is 6.31. The normalized spacial score (nSPS) is 31.8. The van der Waals surface area contributed by atoms with Crippen LogP contribution in [0.1, 0.15) is 43.2 Å². The predicted octanol–water partition coefficient (Wildman–Crippen LogP) is 4.13. The molecule has 2 heterocycles. The lowest BCUT2D eigenvalue weighted by atomic mass is 9.47. The Bertz CT molecular complexity index is 1090. The van der Waals surface area contributed by atoms with Crippen LogP contribution in [-0.4, -0.2) is 53.6 Å². The monoisotopic (exact) mass is 491 g/mol. The molecule has 0 amide bonds. The minimum atomic E-state index is 0.323. The lowest BCUT2D eigenvalue weighted by Crippen LogP contribution is -2.62. The van der Waals surface area contributed by atoms with Crippen LogP contribution in [0.5, 0.6) is 0 Å². The Hall–Kier alpha value is -2.40. The molecule has 4 saturated carbocycles. The van der Waals surface area contributed by atoms with E-state index >= 15 is 0 Å². The number of hydrogen-bond acceptors (Lipinski definition) is 7. The van der Waals surface area contributed by atoms with Crippen LogP contribution in [0.2, 0.25) is 5.02 Å². The number of nitrogens with zero attached hydrogens (tertiary/aromatic N) is 4. The van der Waals surface area contributed by atoms with Crippen molar-refractivity contribution >= 4 is 23.4 Å². The number of halogens is 1. The molecule has 35 heavy (non-hydrogen) atoms. The molecule has 2 unspecified atom stereocenters. The molecule has 1 aromatic heterocycles. The lowest BCUT2D eigenvalue weighted by molar-refractivity contribution is -0.108. The van der Waals surface area contributed by atoms with Crippen LogP contribution in [0.3, 0.4) is 0 Å². The summed E-state index contributed by atoms with van der Waals surface area (Å²) >= 11 is 6.29. The molecule has 7 rings (SSSR count). The second-order valence-corrected chi connectivity index (χ2v) is 11.5. The van der Waals surface area contributed by atoms with Crippen molar-refractivity contribution in [3.05, 3.63) is 46.6 Å².